The lowest BCUT2D eigenvalue weighted by Crippen LogP contribution is -2.44. The predicted octanol–water partition coefficient (Wildman–Crippen LogP) is 1.48. The first kappa shape index (κ1) is 15.1. The first-order chi connectivity index (χ1) is 9.10. The van der Waals surface area contributed by atoms with Gasteiger partial charge in [0.1, 0.15) is 5.82 Å². The van der Waals surface area contributed by atoms with E-state index in [-0.39, 0.29) is 18.8 Å². The van der Waals surface area contributed by atoms with E-state index in [0.29, 0.717) is 0 Å². The standard InChI is InChI=1S/C13H16FNO4/c1-3-18-12(13(17)19-4-2)15-11(16)9-7-5-6-8-10(9)14/h5-8,12H,3-4H2,1-2H3,(H,15,16). The molecule has 0 heterocycles. The van der Waals surface area contributed by atoms with Gasteiger partial charge in [0.15, 0.2) is 0 Å². The van der Waals surface area contributed by atoms with Crippen molar-refractivity contribution in [1.29, 1.82) is 0 Å². The normalized spacial score (nSPS) is 11.7. The minimum atomic E-state index is -1.24. The van der Waals surface area contributed by atoms with Crippen LogP contribution in [0.3, 0.4) is 0 Å². The average Bonchev–Trinajstić information content (AvgIpc) is 2.39. The zero-order chi connectivity index (χ0) is 14.3. The van der Waals surface area contributed by atoms with Crippen LogP contribution in [0.25, 0.3) is 0 Å². The maximum absolute atomic E-state index is 13.4. The van der Waals surface area contributed by atoms with Gasteiger partial charge in [0, 0.05) is 6.61 Å². The molecule has 5 nitrogen and oxygen atoms in total. The number of rotatable bonds is 6. The third-order valence-electron chi connectivity index (χ3n) is 2.21. The molecule has 0 saturated carbocycles. The molecule has 0 spiro atoms. The molecule has 104 valence electrons. The second-order valence-corrected chi connectivity index (χ2v) is 3.54. The van der Waals surface area contributed by atoms with Gasteiger partial charge in [-0.1, -0.05) is 12.1 Å². The third kappa shape index (κ3) is 4.33. The summed E-state index contributed by atoms with van der Waals surface area (Å²) in [5.74, 6) is -2.11. The van der Waals surface area contributed by atoms with Gasteiger partial charge in [0.05, 0.1) is 12.2 Å². The summed E-state index contributed by atoms with van der Waals surface area (Å²) in [6.45, 7) is 3.68. The summed E-state index contributed by atoms with van der Waals surface area (Å²) in [5.41, 5.74) is -0.156. The number of carbonyl (C=O) groups is 2. The Morgan fingerprint density at radius 1 is 1.26 bits per heavy atom. The second kappa shape index (κ2) is 7.48. The average molecular weight is 269 g/mol. The molecule has 0 fully saturated rings. The quantitative estimate of drug-likeness (QED) is 0.627. The number of amides is 1. The van der Waals surface area contributed by atoms with Crippen LogP contribution in [0.15, 0.2) is 24.3 Å². The van der Waals surface area contributed by atoms with Gasteiger partial charge in [0.2, 0.25) is 6.23 Å². The minimum Gasteiger partial charge on any atom is -0.463 e. The molecule has 1 aromatic rings. The Kier molecular flexibility index (Phi) is 5.95. The van der Waals surface area contributed by atoms with Gasteiger partial charge in [-0.25, -0.2) is 9.18 Å². The van der Waals surface area contributed by atoms with E-state index in [1.165, 1.54) is 18.2 Å². The van der Waals surface area contributed by atoms with Gasteiger partial charge in [-0.15, -0.1) is 0 Å². The van der Waals surface area contributed by atoms with Gasteiger partial charge < -0.3 is 14.8 Å². The molecule has 1 unspecified atom stereocenters. The van der Waals surface area contributed by atoms with Gasteiger partial charge in [-0.3, -0.25) is 4.79 Å². The highest BCUT2D eigenvalue weighted by molar-refractivity contribution is 5.96. The molecule has 0 saturated heterocycles. The van der Waals surface area contributed by atoms with Gasteiger partial charge in [0.25, 0.3) is 5.91 Å². The van der Waals surface area contributed by atoms with Crippen molar-refractivity contribution in [3.63, 3.8) is 0 Å². The Bertz CT molecular complexity index is 450. The number of halogens is 1. The first-order valence-electron chi connectivity index (χ1n) is 5.93. The molecule has 0 aliphatic heterocycles. The Morgan fingerprint density at radius 2 is 1.95 bits per heavy atom. The van der Waals surface area contributed by atoms with Crippen molar-refractivity contribution in [1.82, 2.24) is 5.32 Å². The maximum atomic E-state index is 13.4. The van der Waals surface area contributed by atoms with Crippen LogP contribution < -0.4 is 5.32 Å². The Balaban J connectivity index is 2.76. The first-order valence-corrected chi connectivity index (χ1v) is 5.93. The van der Waals surface area contributed by atoms with Crippen LogP contribution in [0.1, 0.15) is 24.2 Å². The van der Waals surface area contributed by atoms with Gasteiger partial charge in [-0.2, -0.15) is 0 Å². The molecular weight excluding hydrogens is 253 g/mol. The molecule has 1 N–H and O–H groups in total. The summed E-state index contributed by atoms with van der Waals surface area (Å²) in [4.78, 5) is 23.3. The van der Waals surface area contributed by atoms with E-state index in [2.05, 4.69) is 5.32 Å². The summed E-state index contributed by atoms with van der Waals surface area (Å²) in [6, 6.07) is 5.48. The predicted molar refractivity (Wildman–Crippen MR) is 65.9 cm³/mol. The van der Waals surface area contributed by atoms with Gasteiger partial charge in [-0.05, 0) is 26.0 Å². The van der Waals surface area contributed by atoms with E-state index in [0.717, 1.165) is 6.07 Å². The fourth-order valence-electron chi connectivity index (χ4n) is 1.40. The molecule has 1 rings (SSSR count). The van der Waals surface area contributed by atoms with Crippen molar-refractivity contribution < 1.29 is 23.5 Å². The van der Waals surface area contributed by atoms with Crippen molar-refractivity contribution in [2.24, 2.45) is 0 Å². The van der Waals surface area contributed by atoms with E-state index >= 15 is 0 Å². The number of benzene rings is 1. The molecule has 1 atom stereocenters. The highest BCUT2D eigenvalue weighted by atomic mass is 19.1. The number of ether oxygens (including phenoxy) is 2. The summed E-state index contributed by atoms with van der Waals surface area (Å²) in [6.07, 6.45) is -1.24. The molecule has 0 aromatic heterocycles. The van der Waals surface area contributed by atoms with E-state index < -0.39 is 23.9 Å². The van der Waals surface area contributed by atoms with Gasteiger partial charge >= 0.3 is 5.97 Å². The van der Waals surface area contributed by atoms with Crippen LogP contribution >= 0.6 is 0 Å². The smallest absolute Gasteiger partial charge is 0.356 e. The number of hydrogen-bond acceptors (Lipinski definition) is 4. The highest BCUT2D eigenvalue weighted by Gasteiger charge is 2.23. The summed E-state index contributed by atoms with van der Waals surface area (Å²) in [5, 5.41) is 2.28. The third-order valence-corrected chi connectivity index (χ3v) is 2.21. The van der Waals surface area contributed by atoms with E-state index in [1.54, 1.807) is 13.8 Å². The molecule has 1 amide bonds. The fourth-order valence-corrected chi connectivity index (χ4v) is 1.40. The fraction of sp³-hybridized carbons (Fsp3) is 0.385. The zero-order valence-corrected chi connectivity index (χ0v) is 10.8. The Morgan fingerprint density at radius 3 is 2.53 bits per heavy atom. The molecule has 6 heteroatoms. The molecular formula is C13H16FNO4. The number of carbonyl (C=O) groups excluding carboxylic acids is 2. The minimum absolute atomic E-state index is 0.156. The Labute approximate surface area is 110 Å². The number of hydrogen-bond donors (Lipinski definition) is 1. The van der Waals surface area contributed by atoms with Crippen LogP contribution in [-0.2, 0) is 14.3 Å². The summed E-state index contributed by atoms with van der Waals surface area (Å²) >= 11 is 0. The summed E-state index contributed by atoms with van der Waals surface area (Å²) < 4.78 is 23.2. The van der Waals surface area contributed by atoms with Crippen LogP contribution in [0, 0.1) is 5.82 Å². The van der Waals surface area contributed by atoms with Crippen molar-refractivity contribution >= 4 is 11.9 Å². The van der Waals surface area contributed by atoms with E-state index in [9.17, 15) is 14.0 Å². The monoisotopic (exact) mass is 269 g/mol. The molecule has 1 aromatic carbocycles. The van der Waals surface area contributed by atoms with Crippen molar-refractivity contribution in [3.05, 3.63) is 35.6 Å². The lowest BCUT2D eigenvalue weighted by molar-refractivity contribution is -0.158. The summed E-state index contributed by atoms with van der Waals surface area (Å²) in [7, 11) is 0. The van der Waals surface area contributed by atoms with Crippen LogP contribution in [0.5, 0.6) is 0 Å². The lowest BCUT2D eigenvalue weighted by Gasteiger charge is -2.17. The van der Waals surface area contributed by atoms with Crippen LogP contribution in [-0.4, -0.2) is 31.3 Å². The topological polar surface area (TPSA) is 64.6 Å². The molecule has 0 aliphatic carbocycles. The number of esters is 1. The second-order valence-electron chi connectivity index (χ2n) is 3.54. The van der Waals surface area contributed by atoms with E-state index in [1.807, 2.05) is 0 Å². The van der Waals surface area contributed by atoms with Crippen molar-refractivity contribution in [2.45, 2.75) is 20.1 Å². The molecule has 0 aliphatic rings. The van der Waals surface area contributed by atoms with E-state index in [4.69, 9.17) is 9.47 Å². The molecule has 19 heavy (non-hydrogen) atoms. The lowest BCUT2D eigenvalue weighted by atomic mass is 10.2. The van der Waals surface area contributed by atoms with Crippen LogP contribution in [0.4, 0.5) is 4.39 Å². The number of nitrogens with one attached hydrogen (secondary N) is 1. The molecule has 0 bridgehead atoms. The SMILES string of the molecule is CCOC(=O)C(NC(=O)c1ccccc1F)OCC. The van der Waals surface area contributed by atoms with Crippen molar-refractivity contribution in [3.8, 4) is 0 Å². The Hall–Kier alpha value is -1.95. The maximum Gasteiger partial charge on any atom is 0.356 e. The largest absolute Gasteiger partial charge is 0.463 e. The van der Waals surface area contributed by atoms with Crippen molar-refractivity contribution in [2.75, 3.05) is 13.2 Å². The zero-order valence-electron chi connectivity index (χ0n) is 10.8. The van der Waals surface area contributed by atoms with Crippen LogP contribution in [0.2, 0.25) is 0 Å². The molecule has 0 radical (unpaired) electrons. The highest BCUT2D eigenvalue weighted by Crippen LogP contribution is 2.06.